The number of carbonyl (C=O) groups is 1. The zero-order valence-corrected chi connectivity index (χ0v) is 14.1. The summed E-state index contributed by atoms with van der Waals surface area (Å²) in [5.74, 6) is 1.16. The molecule has 1 saturated carbocycles. The van der Waals surface area contributed by atoms with Gasteiger partial charge in [0.05, 0.1) is 19.4 Å². The van der Waals surface area contributed by atoms with E-state index in [2.05, 4.69) is 0 Å². The first-order valence-electron chi connectivity index (χ1n) is 8.50. The third-order valence-corrected chi connectivity index (χ3v) is 4.54. The summed E-state index contributed by atoms with van der Waals surface area (Å²) in [6, 6.07) is 7.38. The van der Waals surface area contributed by atoms with Crippen molar-refractivity contribution >= 4 is 12.0 Å². The Kier molecular flexibility index (Phi) is 3.95. The summed E-state index contributed by atoms with van der Waals surface area (Å²) in [5.41, 5.74) is 0.921. The van der Waals surface area contributed by atoms with Crippen LogP contribution in [0.25, 0.3) is 6.08 Å². The minimum atomic E-state index is -0.0727. The largest absolute Gasteiger partial charge is 0.486 e. The van der Waals surface area contributed by atoms with E-state index in [-0.39, 0.29) is 17.6 Å². The van der Waals surface area contributed by atoms with Gasteiger partial charge in [0.1, 0.15) is 17.6 Å². The van der Waals surface area contributed by atoms with Crippen molar-refractivity contribution in [2.75, 3.05) is 13.1 Å². The normalized spacial score (nSPS) is 17.7. The van der Waals surface area contributed by atoms with Crippen molar-refractivity contribution in [3.8, 4) is 5.75 Å². The minimum absolute atomic E-state index is 0.00821. The molecule has 2 aromatic heterocycles. The molecular weight excluding hydrogens is 320 g/mol. The van der Waals surface area contributed by atoms with Crippen LogP contribution < -0.4 is 10.3 Å². The van der Waals surface area contributed by atoms with Crippen LogP contribution in [0.5, 0.6) is 5.75 Å². The molecule has 25 heavy (non-hydrogen) atoms. The fourth-order valence-corrected chi connectivity index (χ4v) is 3.08. The summed E-state index contributed by atoms with van der Waals surface area (Å²) in [4.78, 5) is 25.9. The van der Waals surface area contributed by atoms with Gasteiger partial charge in [-0.05, 0) is 44.0 Å². The lowest BCUT2D eigenvalue weighted by molar-refractivity contribution is -0.134. The third-order valence-electron chi connectivity index (χ3n) is 4.54. The molecule has 0 aromatic carbocycles. The monoisotopic (exact) mass is 340 g/mol. The first kappa shape index (κ1) is 15.7. The second-order valence-corrected chi connectivity index (χ2v) is 6.60. The Morgan fingerprint density at radius 1 is 1.32 bits per heavy atom. The number of ether oxygens (including phenoxy) is 1. The van der Waals surface area contributed by atoms with Crippen molar-refractivity contribution in [2.45, 2.75) is 31.9 Å². The van der Waals surface area contributed by atoms with Gasteiger partial charge in [-0.25, -0.2) is 0 Å². The fourth-order valence-electron chi connectivity index (χ4n) is 3.08. The van der Waals surface area contributed by atoms with Crippen LogP contribution in [0.1, 0.15) is 30.3 Å². The predicted octanol–water partition coefficient (Wildman–Crippen LogP) is 2.39. The lowest BCUT2D eigenvalue weighted by Gasteiger charge is -2.38. The number of likely N-dealkylation sites (tertiary alicyclic amines) is 1. The molecule has 1 amide bonds. The number of rotatable bonds is 5. The molecule has 2 fully saturated rings. The van der Waals surface area contributed by atoms with Gasteiger partial charge in [0.25, 0.3) is 5.56 Å². The summed E-state index contributed by atoms with van der Waals surface area (Å²) in [6.07, 6.45) is 6.79. The summed E-state index contributed by atoms with van der Waals surface area (Å²) in [5, 5.41) is 0. The zero-order chi connectivity index (χ0) is 17.4. The van der Waals surface area contributed by atoms with Gasteiger partial charge in [-0.1, -0.05) is 0 Å². The van der Waals surface area contributed by atoms with Gasteiger partial charge in [0.15, 0.2) is 0 Å². The van der Waals surface area contributed by atoms with E-state index in [1.54, 1.807) is 35.4 Å². The second-order valence-electron chi connectivity index (χ2n) is 6.60. The van der Waals surface area contributed by atoms with Gasteiger partial charge in [0.2, 0.25) is 5.91 Å². The number of amides is 1. The highest BCUT2D eigenvalue weighted by Crippen LogP contribution is 2.35. The molecule has 1 aliphatic carbocycles. The summed E-state index contributed by atoms with van der Waals surface area (Å²) >= 11 is 0. The lowest BCUT2D eigenvalue weighted by atomic mass is 10.1. The Hall–Kier alpha value is -2.76. The molecule has 2 aliphatic rings. The van der Waals surface area contributed by atoms with Crippen molar-refractivity contribution in [3.05, 3.63) is 58.4 Å². The number of hydrogen-bond acceptors (Lipinski definition) is 4. The molecule has 2 aromatic rings. The highest BCUT2D eigenvalue weighted by molar-refractivity contribution is 5.92. The molecule has 1 saturated heterocycles. The number of carbonyl (C=O) groups excluding carboxylic acids is 1. The van der Waals surface area contributed by atoms with E-state index in [9.17, 15) is 9.59 Å². The van der Waals surface area contributed by atoms with Crippen LogP contribution in [0.2, 0.25) is 0 Å². The van der Waals surface area contributed by atoms with Crippen molar-refractivity contribution in [1.82, 2.24) is 9.47 Å². The Morgan fingerprint density at radius 3 is 2.76 bits per heavy atom. The maximum Gasteiger partial charge on any atom is 0.254 e. The molecule has 0 bridgehead atoms. The van der Waals surface area contributed by atoms with E-state index in [1.165, 1.54) is 6.08 Å². The summed E-state index contributed by atoms with van der Waals surface area (Å²) < 4.78 is 12.8. The topological polar surface area (TPSA) is 64.7 Å². The van der Waals surface area contributed by atoms with Crippen molar-refractivity contribution in [1.29, 1.82) is 0 Å². The zero-order valence-electron chi connectivity index (χ0n) is 14.1. The van der Waals surface area contributed by atoms with E-state index in [0.29, 0.717) is 30.6 Å². The quantitative estimate of drug-likeness (QED) is 0.784. The van der Waals surface area contributed by atoms with Crippen LogP contribution in [-0.2, 0) is 4.79 Å². The van der Waals surface area contributed by atoms with Crippen molar-refractivity contribution in [2.24, 2.45) is 0 Å². The van der Waals surface area contributed by atoms with Gasteiger partial charge in [-0.3, -0.25) is 9.59 Å². The SMILES string of the molecule is Cc1cc(OC2CN(C(=O)C=Cc3ccco3)C2)cc(=O)n1C1CC1. The van der Waals surface area contributed by atoms with E-state index < -0.39 is 0 Å². The number of furan rings is 1. The van der Waals surface area contributed by atoms with Gasteiger partial charge in [-0.15, -0.1) is 0 Å². The second kappa shape index (κ2) is 6.27. The van der Waals surface area contributed by atoms with Gasteiger partial charge >= 0.3 is 0 Å². The standard InChI is InChI=1S/C19H20N2O4/c1-13-9-16(10-19(23)21(13)14-4-5-14)25-17-11-20(12-17)18(22)7-6-15-3-2-8-24-15/h2-3,6-10,14,17H,4-5,11-12H2,1H3. The molecule has 130 valence electrons. The van der Waals surface area contributed by atoms with Crippen molar-refractivity contribution < 1.29 is 13.9 Å². The van der Waals surface area contributed by atoms with Crippen LogP contribution in [0, 0.1) is 6.92 Å². The predicted molar refractivity (Wildman–Crippen MR) is 92.4 cm³/mol. The lowest BCUT2D eigenvalue weighted by Crippen LogP contribution is -2.55. The fraction of sp³-hybridized carbons (Fsp3) is 0.368. The Morgan fingerprint density at radius 2 is 2.12 bits per heavy atom. The number of aromatic nitrogens is 1. The van der Waals surface area contributed by atoms with Gasteiger partial charge < -0.3 is 18.6 Å². The van der Waals surface area contributed by atoms with Gasteiger partial charge in [0, 0.05) is 23.9 Å². The van der Waals surface area contributed by atoms with Crippen LogP contribution in [0.15, 0.2) is 45.8 Å². The first-order valence-corrected chi connectivity index (χ1v) is 8.50. The first-order chi connectivity index (χ1) is 12.1. The molecule has 6 heteroatoms. The van der Waals surface area contributed by atoms with Crippen molar-refractivity contribution in [3.63, 3.8) is 0 Å². The highest BCUT2D eigenvalue weighted by atomic mass is 16.5. The molecule has 0 radical (unpaired) electrons. The van der Waals surface area contributed by atoms with E-state index >= 15 is 0 Å². The summed E-state index contributed by atoms with van der Waals surface area (Å²) in [6.45, 7) is 2.97. The highest BCUT2D eigenvalue weighted by Gasteiger charge is 2.32. The van der Waals surface area contributed by atoms with Crippen LogP contribution in [0.4, 0.5) is 0 Å². The molecule has 0 unspecified atom stereocenters. The van der Waals surface area contributed by atoms with Crippen LogP contribution >= 0.6 is 0 Å². The van der Waals surface area contributed by atoms with Gasteiger partial charge in [-0.2, -0.15) is 0 Å². The Balaban J connectivity index is 1.32. The van der Waals surface area contributed by atoms with Crippen LogP contribution in [-0.4, -0.2) is 34.6 Å². The number of hydrogen-bond donors (Lipinski definition) is 0. The van der Waals surface area contributed by atoms with E-state index in [4.69, 9.17) is 9.15 Å². The molecule has 0 atom stereocenters. The third kappa shape index (κ3) is 3.38. The average molecular weight is 340 g/mol. The van der Waals surface area contributed by atoms with E-state index in [1.807, 2.05) is 17.6 Å². The maximum absolute atomic E-state index is 12.2. The maximum atomic E-state index is 12.2. The number of aryl methyl sites for hydroxylation is 1. The molecule has 3 heterocycles. The molecule has 0 spiro atoms. The minimum Gasteiger partial charge on any atom is -0.486 e. The molecule has 1 aliphatic heterocycles. The number of nitrogens with zero attached hydrogens (tertiary/aromatic N) is 2. The number of pyridine rings is 1. The Labute approximate surface area is 145 Å². The molecule has 6 nitrogen and oxygen atoms in total. The average Bonchev–Trinajstić information content (AvgIpc) is 3.21. The molecule has 4 rings (SSSR count). The Bertz CT molecular complexity index is 856. The van der Waals surface area contributed by atoms with E-state index in [0.717, 1.165) is 18.5 Å². The smallest absolute Gasteiger partial charge is 0.254 e. The summed E-state index contributed by atoms with van der Waals surface area (Å²) in [7, 11) is 0. The molecular formula is C19H20N2O4. The van der Waals surface area contributed by atoms with Crippen LogP contribution in [0.3, 0.4) is 0 Å². The molecule has 0 N–H and O–H groups in total.